The number of rotatable bonds is 2. The van der Waals surface area contributed by atoms with Crippen molar-refractivity contribution >= 4 is 11.8 Å². The number of imide groups is 1. The number of hydrogen-bond acceptors (Lipinski definition) is 4. The van der Waals surface area contributed by atoms with E-state index in [9.17, 15) is 14.7 Å². The molecule has 2 aliphatic rings. The lowest BCUT2D eigenvalue weighted by molar-refractivity contribution is -0.144. The van der Waals surface area contributed by atoms with E-state index in [4.69, 9.17) is 4.74 Å². The highest BCUT2D eigenvalue weighted by molar-refractivity contribution is 6.12. The molecule has 5 heteroatoms. The molecule has 0 radical (unpaired) electrons. The number of amides is 2. The molecule has 1 saturated heterocycles. The van der Waals surface area contributed by atoms with Crippen LogP contribution in [-0.4, -0.2) is 47.2 Å². The van der Waals surface area contributed by atoms with E-state index in [0.717, 1.165) is 4.90 Å². The Morgan fingerprint density at radius 2 is 1.80 bits per heavy atom. The van der Waals surface area contributed by atoms with Crippen molar-refractivity contribution in [2.24, 2.45) is 0 Å². The molecular formula is C10H13NO4. The average molecular weight is 211 g/mol. The zero-order valence-electron chi connectivity index (χ0n) is 8.31. The van der Waals surface area contributed by atoms with Crippen LogP contribution >= 0.6 is 0 Å². The van der Waals surface area contributed by atoms with Gasteiger partial charge in [-0.25, -0.2) is 0 Å². The quantitative estimate of drug-likeness (QED) is 0.622. The van der Waals surface area contributed by atoms with Gasteiger partial charge in [-0.1, -0.05) is 0 Å². The molecule has 0 saturated carbocycles. The predicted molar refractivity (Wildman–Crippen MR) is 50.9 cm³/mol. The number of carbonyl (C=O) groups excluding carboxylic acids is 2. The van der Waals surface area contributed by atoms with Crippen molar-refractivity contribution in [3.05, 3.63) is 12.2 Å². The Morgan fingerprint density at radius 3 is 2.33 bits per heavy atom. The van der Waals surface area contributed by atoms with Gasteiger partial charge in [-0.05, 0) is 0 Å². The van der Waals surface area contributed by atoms with Gasteiger partial charge in [0.1, 0.15) is 0 Å². The zero-order valence-corrected chi connectivity index (χ0v) is 8.31. The fourth-order valence-corrected chi connectivity index (χ4v) is 1.79. The first-order chi connectivity index (χ1) is 7.11. The summed E-state index contributed by atoms with van der Waals surface area (Å²) >= 11 is 0. The lowest BCUT2D eigenvalue weighted by Crippen LogP contribution is -2.48. The minimum atomic E-state index is -0.977. The van der Waals surface area contributed by atoms with Crippen molar-refractivity contribution in [1.82, 2.24) is 4.90 Å². The molecule has 1 N–H and O–H groups in total. The Balaban J connectivity index is 2.01. The second-order valence-electron chi connectivity index (χ2n) is 3.93. The molecule has 0 aromatic carbocycles. The van der Waals surface area contributed by atoms with E-state index in [1.54, 1.807) is 0 Å². The maximum atomic E-state index is 11.3. The van der Waals surface area contributed by atoms with Gasteiger partial charge in [0, 0.05) is 38.2 Å². The van der Waals surface area contributed by atoms with Crippen LogP contribution in [0.2, 0.25) is 0 Å². The fourth-order valence-electron chi connectivity index (χ4n) is 1.79. The molecule has 0 aromatic heterocycles. The maximum Gasteiger partial charge on any atom is 0.253 e. The van der Waals surface area contributed by atoms with Gasteiger partial charge in [0.15, 0.2) is 0 Å². The molecule has 0 atom stereocenters. The lowest BCUT2D eigenvalue weighted by atomic mass is 9.94. The standard InChI is InChI=1S/C10H13NO4/c12-8-1-2-9(13)11(8)7-10(14)3-5-15-6-4-10/h1-2,14H,3-7H2. The summed E-state index contributed by atoms with van der Waals surface area (Å²) in [5, 5.41) is 10.1. The van der Waals surface area contributed by atoms with Crippen molar-refractivity contribution in [2.45, 2.75) is 18.4 Å². The molecule has 0 aliphatic carbocycles. The third kappa shape index (κ3) is 2.08. The van der Waals surface area contributed by atoms with Crippen LogP contribution in [0.25, 0.3) is 0 Å². The van der Waals surface area contributed by atoms with Crippen molar-refractivity contribution in [2.75, 3.05) is 19.8 Å². The highest BCUT2D eigenvalue weighted by atomic mass is 16.5. The van der Waals surface area contributed by atoms with Crippen LogP contribution in [0.4, 0.5) is 0 Å². The third-order valence-corrected chi connectivity index (χ3v) is 2.78. The molecule has 1 fully saturated rings. The van der Waals surface area contributed by atoms with Gasteiger partial charge in [-0.15, -0.1) is 0 Å². The average Bonchev–Trinajstić information content (AvgIpc) is 2.50. The summed E-state index contributed by atoms with van der Waals surface area (Å²) in [4.78, 5) is 23.6. The first-order valence-corrected chi connectivity index (χ1v) is 4.94. The molecule has 0 unspecified atom stereocenters. The van der Waals surface area contributed by atoms with Crippen LogP contribution in [-0.2, 0) is 14.3 Å². The Hall–Kier alpha value is -1.20. The molecule has 2 amide bonds. The van der Waals surface area contributed by atoms with E-state index in [1.807, 2.05) is 0 Å². The first kappa shape index (κ1) is 10.3. The molecule has 0 aromatic rings. The molecule has 82 valence electrons. The van der Waals surface area contributed by atoms with Gasteiger partial charge in [0.05, 0.1) is 12.1 Å². The van der Waals surface area contributed by atoms with Crippen LogP contribution in [0.15, 0.2) is 12.2 Å². The third-order valence-electron chi connectivity index (χ3n) is 2.78. The van der Waals surface area contributed by atoms with E-state index in [1.165, 1.54) is 12.2 Å². The largest absolute Gasteiger partial charge is 0.388 e. The van der Waals surface area contributed by atoms with Gasteiger partial charge < -0.3 is 9.84 Å². The lowest BCUT2D eigenvalue weighted by Gasteiger charge is -2.34. The Morgan fingerprint density at radius 1 is 1.27 bits per heavy atom. The number of nitrogens with zero attached hydrogens (tertiary/aromatic N) is 1. The smallest absolute Gasteiger partial charge is 0.253 e. The van der Waals surface area contributed by atoms with Crippen LogP contribution in [0.5, 0.6) is 0 Å². The molecule has 2 heterocycles. The number of hydrogen-bond donors (Lipinski definition) is 1. The molecular weight excluding hydrogens is 198 g/mol. The van der Waals surface area contributed by atoms with E-state index in [2.05, 4.69) is 0 Å². The highest BCUT2D eigenvalue weighted by Crippen LogP contribution is 2.22. The van der Waals surface area contributed by atoms with Gasteiger partial charge in [0.2, 0.25) is 0 Å². The summed E-state index contributed by atoms with van der Waals surface area (Å²) < 4.78 is 5.12. The van der Waals surface area contributed by atoms with Gasteiger partial charge in [-0.2, -0.15) is 0 Å². The molecule has 0 bridgehead atoms. The van der Waals surface area contributed by atoms with Crippen molar-refractivity contribution in [3.63, 3.8) is 0 Å². The second-order valence-corrected chi connectivity index (χ2v) is 3.93. The highest BCUT2D eigenvalue weighted by Gasteiger charge is 2.36. The zero-order chi connectivity index (χ0) is 10.9. The van der Waals surface area contributed by atoms with E-state index >= 15 is 0 Å². The maximum absolute atomic E-state index is 11.3. The molecule has 2 aliphatic heterocycles. The van der Waals surface area contributed by atoms with E-state index < -0.39 is 5.60 Å². The second kappa shape index (κ2) is 3.75. The topological polar surface area (TPSA) is 66.8 Å². The molecule has 2 rings (SSSR count). The minimum Gasteiger partial charge on any atom is -0.388 e. The first-order valence-electron chi connectivity index (χ1n) is 4.94. The van der Waals surface area contributed by atoms with E-state index in [0.29, 0.717) is 26.1 Å². The predicted octanol–water partition coefficient (Wildman–Crippen LogP) is -0.547. The SMILES string of the molecule is O=C1C=CC(=O)N1CC1(O)CCOCC1. The number of ether oxygens (including phenoxy) is 1. The normalized spacial score (nSPS) is 25.0. The summed E-state index contributed by atoms with van der Waals surface area (Å²) in [6.07, 6.45) is 3.38. The number of aliphatic hydroxyl groups is 1. The minimum absolute atomic E-state index is 0.0705. The van der Waals surface area contributed by atoms with Crippen molar-refractivity contribution in [3.8, 4) is 0 Å². The number of carbonyl (C=O) groups is 2. The van der Waals surface area contributed by atoms with Gasteiger partial charge in [-0.3, -0.25) is 14.5 Å². The summed E-state index contributed by atoms with van der Waals surface area (Å²) in [5.74, 6) is -0.695. The molecule has 5 nitrogen and oxygen atoms in total. The Labute approximate surface area is 87.3 Å². The van der Waals surface area contributed by atoms with Crippen LogP contribution < -0.4 is 0 Å². The Bertz CT molecular complexity index is 299. The monoisotopic (exact) mass is 211 g/mol. The molecule has 15 heavy (non-hydrogen) atoms. The summed E-state index contributed by atoms with van der Waals surface area (Å²) in [6.45, 7) is 1.02. The van der Waals surface area contributed by atoms with Gasteiger partial charge in [0.25, 0.3) is 11.8 Å². The molecule has 0 spiro atoms. The summed E-state index contributed by atoms with van der Waals surface area (Å²) in [6, 6.07) is 0. The van der Waals surface area contributed by atoms with Crippen LogP contribution in [0, 0.1) is 0 Å². The van der Waals surface area contributed by atoms with Crippen molar-refractivity contribution < 1.29 is 19.4 Å². The van der Waals surface area contributed by atoms with Crippen molar-refractivity contribution in [1.29, 1.82) is 0 Å². The fraction of sp³-hybridized carbons (Fsp3) is 0.600. The van der Waals surface area contributed by atoms with Gasteiger partial charge >= 0.3 is 0 Å². The number of β-amino-alcohol motifs (C(OH)–C–C–N with tert-alkyl or cyclic N) is 1. The summed E-state index contributed by atoms with van der Waals surface area (Å²) in [5.41, 5.74) is -0.977. The summed E-state index contributed by atoms with van der Waals surface area (Å²) in [7, 11) is 0. The van der Waals surface area contributed by atoms with Crippen LogP contribution in [0.1, 0.15) is 12.8 Å². The van der Waals surface area contributed by atoms with Crippen LogP contribution in [0.3, 0.4) is 0 Å². The van der Waals surface area contributed by atoms with E-state index in [-0.39, 0.29) is 18.4 Å². The Kier molecular flexibility index (Phi) is 2.58.